The van der Waals surface area contributed by atoms with Crippen LogP contribution in [0.3, 0.4) is 0 Å². The number of hydrogen-bond donors (Lipinski definition) is 2. The molecule has 3 rings (SSSR count). The van der Waals surface area contributed by atoms with Gasteiger partial charge in [-0.15, -0.1) is 0 Å². The van der Waals surface area contributed by atoms with Gasteiger partial charge in [0, 0.05) is 37.4 Å². The van der Waals surface area contributed by atoms with E-state index in [-0.39, 0.29) is 17.2 Å². The maximum atomic E-state index is 13.3. The van der Waals surface area contributed by atoms with Crippen molar-refractivity contribution in [3.8, 4) is 0 Å². The average Bonchev–Trinajstić information content (AvgIpc) is 2.79. The normalized spacial score (nSPS) is 15.5. The second-order valence-electron chi connectivity index (χ2n) is 11.5. The Morgan fingerprint density at radius 1 is 1.06 bits per heavy atom. The summed E-state index contributed by atoms with van der Waals surface area (Å²) in [6.07, 6.45) is 4.49. The molecule has 0 bridgehead atoms. The lowest BCUT2D eigenvalue weighted by atomic mass is 9.84. The van der Waals surface area contributed by atoms with E-state index < -0.39 is 0 Å². The standard InChI is InChI=1S/C30H43N3O2/c1-22-14-17-33(18-15-22)27-12-11-25(32-28(34)19-23(2)21-30(3,4)5)20-26(27)29(35)31-16-13-24-9-7-6-8-10-24/h6-12,20,22-23H,13-19,21H2,1-5H3,(H,31,35)(H,32,34). The van der Waals surface area contributed by atoms with Crippen molar-refractivity contribution in [3.63, 3.8) is 0 Å². The molecule has 190 valence electrons. The fraction of sp³-hybridized carbons (Fsp3) is 0.533. The van der Waals surface area contributed by atoms with Gasteiger partial charge in [0.2, 0.25) is 5.91 Å². The largest absolute Gasteiger partial charge is 0.371 e. The van der Waals surface area contributed by atoms with Crippen molar-refractivity contribution in [1.29, 1.82) is 0 Å². The minimum Gasteiger partial charge on any atom is -0.371 e. The van der Waals surface area contributed by atoms with Crippen LogP contribution in [0.25, 0.3) is 0 Å². The van der Waals surface area contributed by atoms with Gasteiger partial charge in [-0.3, -0.25) is 9.59 Å². The van der Waals surface area contributed by atoms with Crippen LogP contribution in [-0.2, 0) is 11.2 Å². The van der Waals surface area contributed by atoms with Crippen molar-refractivity contribution in [3.05, 3.63) is 59.7 Å². The van der Waals surface area contributed by atoms with Crippen molar-refractivity contribution < 1.29 is 9.59 Å². The second kappa shape index (κ2) is 12.2. The Labute approximate surface area is 211 Å². The van der Waals surface area contributed by atoms with Gasteiger partial charge in [0.25, 0.3) is 5.91 Å². The number of rotatable bonds is 9. The Hall–Kier alpha value is -2.82. The molecule has 1 heterocycles. The van der Waals surface area contributed by atoms with Crippen molar-refractivity contribution in [2.45, 2.75) is 66.7 Å². The fourth-order valence-corrected chi connectivity index (χ4v) is 5.03. The van der Waals surface area contributed by atoms with E-state index in [0.29, 0.717) is 36.1 Å². The minimum absolute atomic E-state index is 0.00302. The van der Waals surface area contributed by atoms with E-state index in [9.17, 15) is 9.59 Å². The highest BCUT2D eigenvalue weighted by Gasteiger charge is 2.22. The molecule has 35 heavy (non-hydrogen) atoms. The first kappa shape index (κ1) is 26.8. The third kappa shape index (κ3) is 8.72. The quantitative estimate of drug-likeness (QED) is 0.446. The first-order valence-electron chi connectivity index (χ1n) is 13.1. The third-order valence-corrected chi connectivity index (χ3v) is 6.69. The zero-order valence-corrected chi connectivity index (χ0v) is 22.2. The van der Waals surface area contributed by atoms with Crippen molar-refractivity contribution in [2.24, 2.45) is 17.3 Å². The number of anilines is 2. The molecule has 1 unspecified atom stereocenters. The van der Waals surface area contributed by atoms with Gasteiger partial charge in [0.1, 0.15) is 0 Å². The Balaban J connectivity index is 1.71. The summed E-state index contributed by atoms with van der Waals surface area (Å²) in [4.78, 5) is 28.3. The zero-order valence-electron chi connectivity index (χ0n) is 22.2. The molecule has 0 aromatic heterocycles. The molecule has 2 aromatic carbocycles. The number of hydrogen-bond acceptors (Lipinski definition) is 3. The van der Waals surface area contributed by atoms with Gasteiger partial charge < -0.3 is 15.5 Å². The molecular weight excluding hydrogens is 434 g/mol. The van der Waals surface area contributed by atoms with E-state index in [4.69, 9.17) is 0 Å². The van der Waals surface area contributed by atoms with Crippen LogP contribution in [0, 0.1) is 17.3 Å². The number of carbonyl (C=O) groups is 2. The Morgan fingerprint density at radius 3 is 2.40 bits per heavy atom. The summed E-state index contributed by atoms with van der Waals surface area (Å²) < 4.78 is 0. The highest BCUT2D eigenvalue weighted by molar-refractivity contribution is 6.02. The predicted octanol–water partition coefficient (Wildman–Crippen LogP) is 6.30. The van der Waals surface area contributed by atoms with Crippen molar-refractivity contribution >= 4 is 23.2 Å². The lowest BCUT2D eigenvalue weighted by molar-refractivity contribution is -0.117. The van der Waals surface area contributed by atoms with Crippen LogP contribution in [-0.4, -0.2) is 31.4 Å². The zero-order chi connectivity index (χ0) is 25.4. The predicted molar refractivity (Wildman–Crippen MR) is 146 cm³/mol. The van der Waals surface area contributed by atoms with Gasteiger partial charge in [-0.2, -0.15) is 0 Å². The first-order valence-corrected chi connectivity index (χ1v) is 13.1. The van der Waals surface area contributed by atoms with E-state index in [0.717, 1.165) is 44.5 Å². The van der Waals surface area contributed by atoms with E-state index in [1.165, 1.54) is 5.56 Å². The highest BCUT2D eigenvalue weighted by Crippen LogP contribution is 2.30. The van der Waals surface area contributed by atoms with E-state index >= 15 is 0 Å². The fourth-order valence-electron chi connectivity index (χ4n) is 5.03. The lowest BCUT2D eigenvalue weighted by Crippen LogP contribution is -2.35. The second-order valence-corrected chi connectivity index (χ2v) is 11.5. The van der Waals surface area contributed by atoms with Crippen LogP contribution in [0.1, 0.15) is 76.2 Å². The number of nitrogens with zero attached hydrogens (tertiary/aromatic N) is 1. The van der Waals surface area contributed by atoms with Gasteiger partial charge in [0.15, 0.2) is 0 Å². The van der Waals surface area contributed by atoms with Crippen LogP contribution in [0.15, 0.2) is 48.5 Å². The molecule has 1 atom stereocenters. The van der Waals surface area contributed by atoms with Crippen LogP contribution >= 0.6 is 0 Å². The molecule has 1 fully saturated rings. The van der Waals surface area contributed by atoms with Gasteiger partial charge in [-0.25, -0.2) is 0 Å². The Bertz CT molecular complexity index is 973. The number of benzene rings is 2. The SMILES string of the molecule is CC1CCN(c2ccc(NC(=O)CC(C)CC(C)(C)C)cc2C(=O)NCCc2ccccc2)CC1. The monoisotopic (exact) mass is 477 g/mol. The molecule has 0 aliphatic carbocycles. The minimum atomic E-state index is -0.0910. The summed E-state index contributed by atoms with van der Waals surface area (Å²) in [6, 6.07) is 15.9. The van der Waals surface area contributed by atoms with Crippen LogP contribution in [0.2, 0.25) is 0 Å². The molecule has 2 amide bonds. The smallest absolute Gasteiger partial charge is 0.253 e. The van der Waals surface area contributed by atoms with Gasteiger partial charge >= 0.3 is 0 Å². The summed E-state index contributed by atoms with van der Waals surface area (Å²) in [5, 5.41) is 6.13. The molecule has 5 nitrogen and oxygen atoms in total. The van der Waals surface area contributed by atoms with Crippen LogP contribution in [0.5, 0.6) is 0 Å². The van der Waals surface area contributed by atoms with Gasteiger partial charge in [-0.05, 0) is 66.7 Å². The highest BCUT2D eigenvalue weighted by atomic mass is 16.2. The maximum Gasteiger partial charge on any atom is 0.253 e. The van der Waals surface area contributed by atoms with Gasteiger partial charge in [-0.1, -0.05) is 65.0 Å². The number of carbonyl (C=O) groups excluding carboxylic acids is 2. The van der Waals surface area contributed by atoms with Crippen molar-refractivity contribution in [2.75, 3.05) is 29.9 Å². The molecule has 1 aliphatic rings. The van der Waals surface area contributed by atoms with Crippen LogP contribution in [0.4, 0.5) is 11.4 Å². The number of amides is 2. The van der Waals surface area contributed by atoms with Crippen LogP contribution < -0.4 is 15.5 Å². The molecule has 1 saturated heterocycles. The Kier molecular flexibility index (Phi) is 9.36. The Morgan fingerprint density at radius 2 is 1.74 bits per heavy atom. The average molecular weight is 478 g/mol. The van der Waals surface area contributed by atoms with E-state index in [1.54, 1.807) is 0 Å². The number of piperidine rings is 1. The molecular formula is C30H43N3O2. The maximum absolute atomic E-state index is 13.3. The van der Waals surface area contributed by atoms with E-state index in [2.05, 4.69) is 62.3 Å². The topological polar surface area (TPSA) is 61.4 Å². The number of nitrogens with one attached hydrogen (secondary N) is 2. The first-order chi connectivity index (χ1) is 16.6. The summed E-state index contributed by atoms with van der Waals surface area (Å²) in [7, 11) is 0. The lowest BCUT2D eigenvalue weighted by Gasteiger charge is -2.33. The van der Waals surface area contributed by atoms with Crippen molar-refractivity contribution in [1.82, 2.24) is 5.32 Å². The third-order valence-electron chi connectivity index (χ3n) is 6.69. The van der Waals surface area contributed by atoms with E-state index in [1.807, 2.05) is 36.4 Å². The molecule has 0 radical (unpaired) electrons. The molecule has 0 saturated carbocycles. The molecule has 2 aromatic rings. The molecule has 5 heteroatoms. The molecule has 0 spiro atoms. The summed E-state index contributed by atoms with van der Waals surface area (Å²) in [5.41, 5.74) is 3.66. The van der Waals surface area contributed by atoms with Gasteiger partial charge in [0.05, 0.1) is 5.56 Å². The molecule has 1 aliphatic heterocycles. The molecule has 2 N–H and O–H groups in total. The summed E-state index contributed by atoms with van der Waals surface area (Å²) >= 11 is 0. The summed E-state index contributed by atoms with van der Waals surface area (Å²) in [5.74, 6) is 0.914. The summed E-state index contributed by atoms with van der Waals surface area (Å²) in [6.45, 7) is 13.5.